The monoisotopic (exact) mass is 705 g/mol. The highest BCUT2D eigenvalue weighted by Gasteiger charge is 2.20. The van der Waals surface area contributed by atoms with Crippen molar-refractivity contribution in [2.24, 2.45) is 0 Å². The standard InChI is InChI=1S/C50H35N5/c1-2-46-54-49-45(55(46)39-18-10-5-11-19-39)31-30-41-40-20-12-13-21-42(40)51-48(47(41)49)37-28-26-36(27-29-37)44-32-43(52-50(53-44)38-16-8-4-9-17-38)35-24-22-34(23-25-35)33-14-6-3-7-15-33/h3-32H,2H2,1H3. The molecular weight excluding hydrogens is 671 g/mol. The van der Waals surface area contributed by atoms with Crippen molar-refractivity contribution < 1.29 is 0 Å². The van der Waals surface area contributed by atoms with Crippen LogP contribution in [0.5, 0.6) is 0 Å². The van der Waals surface area contributed by atoms with Crippen LogP contribution in [0.4, 0.5) is 0 Å². The van der Waals surface area contributed by atoms with Crippen molar-refractivity contribution in [2.45, 2.75) is 13.3 Å². The molecule has 0 aliphatic rings. The van der Waals surface area contributed by atoms with Gasteiger partial charge in [0, 0.05) is 45.1 Å². The van der Waals surface area contributed by atoms with Crippen molar-refractivity contribution in [1.29, 1.82) is 0 Å². The number of nitrogens with zero attached hydrogens (tertiary/aromatic N) is 5. The van der Waals surface area contributed by atoms with E-state index < -0.39 is 0 Å². The van der Waals surface area contributed by atoms with E-state index >= 15 is 0 Å². The molecule has 3 heterocycles. The van der Waals surface area contributed by atoms with Crippen LogP contribution in [0.15, 0.2) is 182 Å². The fourth-order valence-corrected chi connectivity index (χ4v) is 7.66. The summed E-state index contributed by atoms with van der Waals surface area (Å²) < 4.78 is 2.28. The molecule has 0 unspecified atom stereocenters. The Balaban J connectivity index is 1.11. The van der Waals surface area contributed by atoms with E-state index in [4.69, 9.17) is 19.9 Å². The zero-order valence-corrected chi connectivity index (χ0v) is 30.3. The zero-order chi connectivity index (χ0) is 36.7. The van der Waals surface area contributed by atoms with E-state index in [1.54, 1.807) is 0 Å². The van der Waals surface area contributed by atoms with E-state index in [1.807, 2.05) is 24.3 Å². The molecule has 0 aliphatic heterocycles. The Hall–Kier alpha value is -7.24. The first kappa shape index (κ1) is 32.4. The molecule has 10 rings (SSSR count). The second-order valence-electron chi connectivity index (χ2n) is 13.7. The molecule has 0 atom stereocenters. The molecule has 0 aliphatic carbocycles. The van der Waals surface area contributed by atoms with Gasteiger partial charge in [-0.05, 0) is 46.8 Å². The van der Waals surface area contributed by atoms with Crippen molar-refractivity contribution in [3.05, 3.63) is 188 Å². The van der Waals surface area contributed by atoms with Crippen molar-refractivity contribution in [3.8, 4) is 62.0 Å². The second kappa shape index (κ2) is 13.6. The Kier molecular flexibility index (Phi) is 8.03. The van der Waals surface area contributed by atoms with E-state index in [1.165, 1.54) is 11.1 Å². The summed E-state index contributed by atoms with van der Waals surface area (Å²) in [6.45, 7) is 2.16. The van der Waals surface area contributed by atoms with Gasteiger partial charge in [0.25, 0.3) is 0 Å². The smallest absolute Gasteiger partial charge is 0.160 e. The molecule has 5 heteroatoms. The molecule has 0 amide bonds. The number of imidazole rings is 1. The van der Waals surface area contributed by atoms with Gasteiger partial charge in [-0.25, -0.2) is 19.9 Å². The normalized spacial score (nSPS) is 11.4. The summed E-state index contributed by atoms with van der Waals surface area (Å²) in [6, 6.07) is 63.3. The third kappa shape index (κ3) is 5.83. The number of rotatable bonds is 7. The highest BCUT2D eigenvalue weighted by atomic mass is 15.1. The second-order valence-corrected chi connectivity index (χ2v) is 13.7. The van der Waals surface area contributed by atoms with Gasteiger partial charge in [-0.15, -0.1) is 0 Å². The molecule has 0 saturated heterocycles. The lowest BCUT2D eigenvalue weighted by molar-refractivity contribution is 0.908. The van der Waals surface area contributed by atoms with Gasteiger partial charge in [-0.2, -0.15) is 0 Å². The van der Waals surface area contributed by atoms with Crippen LogP contribution in [-0.4, -0.2) is 24.5 Å². The van der Waals surface area contributed by atoms with Crippen LogP contribution in [0, 0.1) is 0 Å². The minimum atomic E-state index is 0.689. The minimum Gasteiger partial charge on any atom is -0.296 e. The van der Waals surface area contributed by atoms with Gasteiger partial charge in [0.2, 0.25) is 0 Å². The van der Waals surface area contributed by atoms with Gasteiger partial charge in [0.05, 0.1) is 33.6 Å². The third-order valence-electron chi connectivity index (χ3n) is 10.4. The Morgan fingerprint density at radius 2 is 0.982 bits per heavy atom. The maximum atomic E-state index is 5.33. The SMILES string of the molecule is CCc1nc2c3c(-c4ccc(-c5cc(-c6ccc(-c7ccccc7)cc6)nc(-c6ccccc6)n5)cc4)nc4ccccc4c3ccc2n1-c1ccccc1. The summed E-state index contributed by atoms with van der Waals surface area (Å²) in [5, 5.41) is 3.32. The zero-order valence-electron chi connectivity index (χ0n) is 30.3. The number of fused-ring (bicyclic) bond motifs is 5. The molecule has 0 fully saturated rings. The van der Waals surface area contributed by atoms with Crippen LogP contribution in [-0.2, 0) is 6.42 Å². The fraction of sp³-hybridized carbons (Fsp3) is 0.0400. The molecule has 0 saturated carbocycles. The van der Waals surface area contributed by atoms with E-state index in [2.05, 4.69) is 169 Å². The van der Waals surface area contributed by atoms with Gasteiger partial charge in [0.15, 0.2) is 5.82 Å². The molecule has 0 spiro atoms. The summed E-state index contributed by atoms with van der Waals surface area (Å²) in [5.74, 6) is 1.71. The first-order valence-corrected chi connectivity index (χ1v) is 18.7. The number of benzene rings is 7. The first-order valence-electron chi connectivity index (χ1n) is 18.7. The van der Waals surface area contributed by atoms with Crippen LogP contribution < -0.4 is 0 Å². The molecule has 0 radical (unpaired) electrons. The van der Waals surface area contributed by atoms with Crippen LogP contribution in [0.3, 0.4) is 0 Å². The molecule has 3 aromatic heterocycles. The van der Waals surface area contributed by atoms with Gasteiger partial charge < -0.3 is 0 Å². The third-order valence-corrected chi connectivity index (χ3v) is 10.4. The molecule has 0 N–H and O–H groups in total. The fourth-order valence-electron chi connectivity index (χ4n) is 7.66. The molecule has 5 nitrogen and oxygen atoms in total. The Morgan fingerprint density at radius 1 is 0.436 bits per heavy atom. The Labute approximate surface area is 319 Å². The van der Waals surface area contributed by atoms with Gasteiger partial charge in [0.1, 0.15) is 5.82 Å². The minimum absolute atomic E-state index is 0.689. The average Bonchev–Trinajstić information content (AvgIpc) is 3.66. The number of hydrogen-bond acceptors (Lipinski definition) is 4. The van der Waals surface area contributed by atoms with Crippen LogP contribution in [0.2, 0.25) is 0 Å². The van der Waals surface area contributed by atoms with Crippen molar-refractivity contribution in [1.82, 2.24) is 24.5 Å². The molecule has 260 valence electrons. The summed E-state index contributed by atoms with van der Waals surface area (Å²) in [5.41, 5.74) is 13.1. The van der Waals surface area contributed by atoms with Crippen LogP contribution in [0.1, 0.15) is 12.7 Å². The van der Waals surface area contributed by atoms with Crippen molar-refractivity contribution in [2.75, 3.05) is 0 Å². The predicted octanol–water partition coefficient (Wildman–Crippen LogP) is 12.4. The van der Waals surface area contributed by atoms with Crippen molar-refractivity contribution >= 4 is 32.7 Å². The lowest BCUT2D eigenvalue weighted by atomic mass is 9.97. The molecule has 10 aromatic rings. The quantitative estimate of drug-likeness (QED) is 0.155. The van der Waals surface area contributed by atoms with Crippen LogP contribution in [0.25, 0.3) is 94.7 Å². The van der Waals surface area contributed by atoms with E-state index in [0.29, 0.717) is 5.82 Å². The summed E-state index contributed by atoms with van der Waals surface area (Å²) in [6.07, 6.45) is 0.805. The average molecular weight is 706 g/mol. The molecule has 7 aromatic carbocycles. The number of aryl methyl sites for hydroxylation is 1. The lowest BCUT2D eigenvalue weighted by Gasteiger charge is -2.13. The highest BCUT2D eigenvalue weighted by Crippen LogP contribution is 2.39. The maximum Gasteiger partial charge on any atom is 0.160 e. The van der Waals surface area contributed by atoms with Gasteiger partial charge in [-0.3, -0.25) is 4.57 Å². The van der Waals surface area contributed by atoms with E-state index in [9.17, 15) is 0 Å². The highest BCUT2D eigenvalue weighted by molar-refractivity contribution is 6.20. The molecule has 0 bridgehead atoms. The summed E-state index contributed by atoms with van der Waals surface area (Å²) in [4.78, 5) is 20.8. The number of pyridine rings is 1. The van der Waals surface area contributed by atoms with E-state index in [-0.39, 0.29) is 0 Å². The largest absolute Gasteiger partial charge is 0.296 e. The Morgan fingerprint density at radius 3 is 1.64 bits per heavy atom. The number of aromatic nitrogens is 5. The molecule has 55 heavy (non-hydrogen) atoms. The number of hydrogen-bond donors (Lipinski definition) is 0. The van der Waals surface area contributed by atoms with E-state index in [0.717, 1.165) is 90.0 Å². The predicted molar refractivity (Wildman–Crippen MR) is 226 cm³/mol. The number of para-hydroxylation sites is 2. The van der Waals surface area contributed by atoms with Crippen LogP contribution >= 0.6 is 0 Å². The first-order chi connectivity index (χ1) is 27.2. The molecular formula is C50H35N5. The summed E-state index contributed by atoms with van der Waals surface area (Å²) in [7, 11) is 0. The topological polar surface area (TPSA) is 56.5 Å². The van der Waals surface area contributed by atoms with Gasteiger partial charge in [-0.1, -0.05) is 159 Å². The van der Waals surface area contributed by atoms with Crippen molar-refractivity contribution in [3.63, 3.8) is 0 Å². The van der Waals surface area contributed by atoms with Gasteiger partial charge >= 0.3 is 0 Å². The lowest BCUT2D eigenvalue weighted by Crippen LogP contribution is -1.99. The maximum absolute atomic E-state index is 5.33. The summed E-state index contributed by atoms with van der Waals surface area (Å²) >= 11 is 0. The Bertz CT molecular complexity index is 2970.